The van der Waals surface area contributed by atoms with Gasteiger partial charge in [-0.05, 0) is 25.3 Å². The molecule has 1 aliphatic heterocycles. The maximum Gasteiger partial charge on any atom is 0.322 e. The lowest BCUT2D eigenvalue weighted by atomic mass is 10.1. The van der Waals surface area contributed by atoms with Gasteiger partial charge in [0.2, 0.25) is 11.8 Å². The highest BCUT2D eigenvalue weighted by atomic mass is 16.2. The zero-order valence-corrected chi connectivity index (χ0v) is 11.4. The molecule has 0 aromatic carbocycles. The Kier molecular flexibility index (Phi) is 3.59. The number of aromatic nitrogens is 2. The second-order valence-corrected chi connectivity index (χ2v) is 5.42. The molecule has 0 radical (unpaired) electrons. The molecule has 2 aliphatic rings. The number of aromatic amines is 1. The van der Waals surface area contributed by atoms with Crippen molar-refractivity contribution in [1.29, 1.82) is 0 Å². The van der Waals surface area contributed by atoms with Crippen LogP contribution in [0.1, 0.15) is 43.0 Å². The van der Waals surface area contributed by atoms with Crippen molar-refractivity contribution in [2.45, 2.75) is 44.2 Å². The SMILES string of the molecule is O=C1CCC(C(=O)NCc2cc(C3CC3)n[nH]2)NC(=O)N1. The number of carbonyl (C=O) groups is 3. The summed E-state index contributed by atoms with van der Waals surface area (Å²) in [4.78, 5) is 34.6. The van der Waals surface area contributed by atoms with E-state index >= 15 is 0 Å². The van der Waals surface area contributed by atoms with E-state index in [0.717, 1.165) is 11.4 Å². The van der Waals surface area contributed by atoms with Gasteiger partial charge in [-0.1, -0.05) is 0 Å². The van der Waals surface area contributed by atoms with Crippen LogP contribution in [0.25, 0.3) is 0 Å². The Bertz CT molecular complexity index is 578. The molecule has 4 amide bonds. The molecule has 8 nitrogen and oxygen atoms in total. The molecular formula is C13H17N5O3. The highest BCUT2D eigenvalue weighted by Crippen LogP contribution is 2.38. The lowest BCUT2D eigenvalue weighted by molar-refractivity contribution is -0.123. The van der Waals surface area contributed by atoms with E-state index in [1.165, 1.54) is 12.8 Å². The molecule has 1 aromatic heterocycles. The second-order valence-electron chi connectivity index (χ2n) is 5.42. The minimum absolute atomic E-state index is 0.146. The van der Waals surface area contributed by atoms with Gasteiger partial charge < -0.3 is 10.6 Å². The first-order valence-corrected chi connectivity index (χ1v) is 7.04. The zero-order valence-electron chi connectivity index (χ0n) is 11.4. The van der Waals surface area contributed by atoms with Gasteiger partial charge in [0.05, 0.1) is 17.9 Å². The molecule has 1 saturated heterocycles. The van der Waals surface area contributed by atoms with Gasteiger partial charge in [-0.15, -0.1) is 0 Å². The monoisotopic (exact) mass is 291 g/mol. The van der Waals surface area contributed by atoms with Crippen molar-refractivity contribution in [3.63, 3.8) is 0 Å². The quantitative estimate of drug-likeness (QED) is 0.619. The summed E-state index contributed by atoms with van der Waals surface area (Å²) in [7, 11) is 0. The molecule has 0 bridgehead atoms. The average molecular weight is 291 g/mol. The van der Waals surface area contributed by atoms with Crippen LogP contribution < -0.4 is 16.0 Å². The van der Waals surface area contributed by atoms with E-state index in [1.54, 1.807) is 0 Å². The number of hydrogen-bond acceptors (Lipinski definition) is 4. The van der Waals surface area contributed by atoms with E-state index in [-0.39, 0.29) is 18.2 Å². The van der Waals surface area contributed by atoms with E-state index in [1.807, 2.05) is 6.07 Å². The Labute approximate surface area is 121 Å². The minimum atomic E-state index is -0.692. The van der Waals surface area contributed by atoms with Crippen LogP contribution in [0, 0.1) is 0 Å². The van der Waals surface area contributed by atoms with Gasteiger partial charge in [-0.2, -0.15) is 5.10 Å². The van der Waals surface area contributed by atoms with E-state index < -0.39 is 12.1 Å². The van der Waals surface area contributed by atoms with Gasteiger partial charge in [-0.3, -0.25) is 20.0 Å². The summed E-state index contributed by atoms with van der Waals surface area (Å²) < 4.78 is 0. The standard InChI is InChI=1S/C13H17N5O3/c19-11-4-3-9(15-13(21)16-11)12(20)14-6-8-5-10(18-17-8)7-1-2-7/h5,7,9H,1-4,6H2,(H,14,20)(H,17,18)(H2,15,16,19,21). The maximum atomic E-state index is 12.0. The molecule has 2 fully saturated rings. The van der Waals surface area contributed by atoms with Gasteiger partial charge in [0.1, 0.15) is 6.04 Å². The minimum Gasteiger partial charge on any atom is -0.349 e. The fraction of sp³-hybridized carbons (Fsp3) is 0.538. The Morgan fingerprint density at radius 1 is 1.33 bits per heavy atom. The van der Waals surface area contributed by atoms with Crippen LogP contribution in [-0.4, -0.2) is 34.1 Å². The normalized spacial score (nSPS) is 22.2. The third kappa shape index (κ3) is 3.39. The predicted molar refractivity (Wildman–Crippen MR) is 72.1 cm³/mol. The van der Waals surface area contributed by atoms with Crippen LogP contribution in [0.5, 0.6) is 0 Å². The molecular weight excluding hydrogens is 274 g/mol. The van der Waals surface area contributed by atoms with Crippen LogP contribution in [0.2, 0.25) is 0 Å². The molecule has 0 spiro atoms. The van der Waals surface area contributed by atoms with Crippen LogP contribution in [0.4, 0.5) is 4.79 Å². The third-order valence-corrected chi connectivity index (χ3v) is 3.63. The van der Waals surface area contributed by atoms with Crippen molar-refractivity contribution in [1.82, 2.24) is 26.1 Å². The molecule has 1 atom stereocenters. The van der Waals surface area contributed by atoms with Gasteiger partial charge >= 0.3 is 6.03 Å². The van der Waals surface area contributed by atoms with E-state index in [2.05, 4.69) is 26.1 Å². The number of imide groups is 1. The second kappa shape index (κ2) is 5.55. The first kappa shape index (κ1) is 13.6. The van der Waals surface area contributed by atoms with Crippen LogP contribution in [0.3, 0.4) is 0 Å². The first-order valence-electron chi connectivity index (χ1n) is 7.04. The molecule has 8 heteroatoms. The topological polar surface area (TPSA) is 116 Å². The molecule has 2 heterocycles. The summed E-state index contributed by atoms with van der Waals surface area (Å²) >= 11 is 0. The molecule has 1 unspecified atom stereocenters. The number of H-pyrrole nitrogens is 1. The van der Waals surface area contributed by atoms with Crippen LogP contribution in [0.15, 0.2) is 6.07 Å². The molecule has 1 aliphatic carbocycles. The number of urea groups is 1. The molecule has 3 rings (SSSR count). The van der Waals surface area contributed by atoms with Crippen molar-refractivity contribution < 1.29 is 14.4 Å². The molecule has 21 heavy (non-hydrogen) atoms. The van der Waals surface area contributed by atoms with Gasteiger partial charge in [0.25, 0.3) is 0 Å². The largest absolute Gasteiger partial charge is 0.349 e. The fourth-order valence-corrected chi connectivity index (χ4v) is 2.29. The number of hydrogen-bond donors (Lipinski definition) is 4. The summed E-state index contributed by atoms with van der Waals surface area (Å²) in [5.41, 5.74) is 1.87. The fourth-order valence-electron chi connectivity index (χ4n) is 2.29. The van der Waals surface area contributed by atoms with Crippen LogP contribution >= 0.6 is 0 Å². The highest BCUT2D eigenvalue weighted by molar-refractivity contribution is 5.98. The lowest BCUT2D eigenvalue weighted by Gasteiger charge is -2.14. The Balaban J connectivity index is 1.52. The number of carbonyl (C=O) groups excluding carboxylic acids is 3. The van der Waals surface area contributed by atoms with E-state index in [9.17, 15) is 14.4 Å². The van der Waals surface area contributed by atoms with Crippen molar-refractivity contribution in [3.8, 4) is 0 Å². The van der Waals surface area contributed by atoms with Gasteiger partial charge in [0, 0.05) is 12.3 Å². The summed E-state index contributed by atoms with van der Waals surface area (Å²) in [5.74, 6) is -0.114. The molecule has 1 saturated carbocycles. The van der Waals surface area contributed by atoms with Crippen LogP contribution in [-0.2, 0) is 16.1 Å². The van der Waals surface area contributed by atoms with Crippen molar-refractivity contribution in [2.24, 2.45) is 0 Å². The lowest BCUT2D eigenvalue weighted by Crippen LogP contribution is -2.48. The number of rotatable bonds is 4. The summed E-state index contributed by atoms with van der Waals surface area (Å²) in [6.45, 7) is 0.326. The highest BCUT2D eigenvalue weighted by Gasteiger charge is 2.27. The van der Waals surface area contributed by atoms with Crippen molar-refractivity contribution in [3.05, 3.63) is 17.5 Å². The van der Waals surface area contributed by atoms with Crippen molar-refractivity contribution in [2.75, 3.05) is 0 Å². The number of amides is 4. The van der Waals surface area contributed by atoms with Gasteiger partial charge in [0.15, 0.2) is 0 Å². The first-order chi connectivity index (χ1) is 10.1. The summed E-state index contributed by atoms with van der Waals surface area (Å²) in [6.07, 6.45) is 2.78. The Morgan fingerprint density at radius 2 is 2.14 bits per heavy atom. The summed E-state index contributed by atoms with van der Waals surface area (Å²) in [6, 6.07) is 0.631. The number of nitrogens with zero attached hydrogens (tertiary/aromatic N) is 1. The Morgan fingerprint density at radius 3 is 2.90 bits per heavy atom. The predicted octanol–water partition coefficient (Wildman–Crippen LogP) is -0.108. The molecule has 4 N–H and O–H groups in total. The third-order valence-electron chi connectivity index (χ3n) is 3.63. The average Bonchev–Trinajstić information content (AvgIpc) is 3.22. The zero-order chi connectivity index (χ0) is 14.8. The Hall–Kier alpha value is -2.38. The van der Waals surface area contributed by atoms with Gasteiger partial charge in [-0.25, -0.2) is 4.79 Å². The molecule has 1 aromatic rings. The smallest absolute Gasteiger partial charge is 0.322 e. The molecule has 112 valence electrons. The number of nitrogens with one attached hydrogen (secondary N) is 4. The maximum absolute atomic E-state index is 12.0. The van der Waals surface area contributed by atoms with E-state index in [4.69, 9.17) is 0 Å². The van der Waals surface area contributed by atoms with Crippen molar-refractivity contribution >= 4 is 17.8 Å². The van der Waals surface area contributed by atoms with E-state index in [0.29, 0.717) is 18.9 Å². The summed E-state index contributed by atoms with van der Waals surface area (Å²) in [5, 5.41) is 14.4.